The van der Waals surface area contributed by atoms with Crippen LogP contribution in [0.2, 0.25) is 0 Å². The Kier molecular flexibility index (Phi) is 5.29. The fraction of sp³-hybridized carbons (Fsp3) is 0.0417. The summed E-state index contributed by atoms with van der Waals surface area (Å²) in [5.74, 6) is -1.24. The molecule has 0 N–H and O–H groups in total. The van der Waals surface area contributed by atoms with E-state index in [0.717, 1.165) is 6.26 Å². The Labute approximate surface area is 178 Å². The van der Waals surface area contributed by atoms with Gasteiger partial charge in [-0.25, -0.2) is 22.0 Å². The number of sulfone groups is 1. The molecular weight excluding hydrogens is 422 g/mol. The summed E-state index contributed by atoms with van der Waals surface area (Å²) in [6.07, 6.45) is 2.70. The summed E-state index contributed by atoms with van der Waals surface area (Å²) in [5, 5.41) is 0. The predicted molar refractivity (Wildman–Crippen MR) is 113 cm³/mol. The van der Waals surface area contributed by atoms with Crippen molar-refractivity contribution in [1.29, 1.82) is 0 Å². The van der Waals surface area contributed by atoms with Gasteiger partial charge in [-0.15, -0.1) is 0 Å². The van der Waals surface area contributed by atoms with Gasteiger partial charge < -0.3 is 4.74 Å². The number of benzene rings is 3. The summed E-state index contributed by atoms with van der Waals surface area (Å²) in [6.45, 7) is 0. The minimum absolute atomic E-state index is 0.134. The molecule has 1 aliphatic heterocycles. The number of carbonyl (C=O) groups excluding carboxylic acids is 1. The molecule has 31 heavy (non-hydrogen) atoms. The molecule has 4 nitrogen and oxygen atoms in total. The van der Waals surface area contributed by atoms with Gasteiger partial charge in [0.05, 0.1) is 10.5 Å². The molecule has 7 heteroatoms. The predicted octanol–water partition coefficient (Wildman–Crippen LogP) is 4.88. The molecule has 1 heterocycles. The van der Waals surface area contributed by atoms with Gasteiger partial charge in [0.15, 0.2) is 9.84 Å². The van der Waals surface area contributed by atoms with Crippen molar-refractivity contribution in [3.63, 3.8) is 0 Å². The fourth-order valence-corrected chi connectivity index (χ4v) is 3.90. The van der Waals surface area contributed by atoms with Crippen molar-refractivity contribution in [2.75, 3.05) is 6.26 Å². The molecule has 0 radical (unpaired) electrons. The molecule has 156 valence electrons. The van der Waals surface area contributed by atoms with Gasteiger partial charge in [0.25, 0.3) is 0 Å². The Hall–Kier alpha value is -3.58. The molecule has 0 fully saturated rings. The summed E-state index contributed by atoms with van der Waals surface area (Å²) in [5.41, 5.74) is 2.26. The Balaban J connectivity index is 1.91. The van der Waals surface area contributed by atoms with E-state index in [9.17, 15) is 22.0 Å². The highest BCUT2D eigenvalue weighted by molar-refractivity contribution is 7.90. The van der Waals surface area contributed by atoms with Gasteiger partial charge in [-0.1, -0.05) is 36.4 Å². The molecule has 0 amide bonds. The number of rotatable bonds is 4. The first kappa shape index (κ1) is 20.7. The molecule has 0 aliphatic carbocycles. The van der Waals surface area contributed by atoms with Gasteiger partial charge in [0.2, 0.25) is 0 Å². The van der Waals surface area contributed by atoms with E-state index in [4.69, 9.17) is 4.74 Å². The van der Waals surface area contributed by atoms with Crippen molar-refractivity contribution in [2.45, 2.75) is 4.90 Å². The van der Waals surface area contributed by atoms with Crippen LogP contribution >= 0.6 is 0 Å². The van der Waals surface area contributed by atoms with Crippen LogP contribution in [0.1, 0.15) is 16.7 Å². The van der Waals surface area contributed by atoms with E-state index in [2.05, 4.69) is 0 Å². The van der Waals surface area contributed by atoms with Crippen LogP contribution < -0.4 is 0 Å². The molecule has 0 unspecified atom stereocenters. The van der Waals surface area contributed by atoms with E-state index < -0.39 is 27.4 Å². The average Bonchev–Trinajstić information content (AvgIpc) is 3.05. The van der Waals surface area contributed by atoms with Gasteiger partial charge >= 0.3 is 5.97 Å². The largest absolute Gasteiger partial charge is 0.422 e. The van der Waals surface area contributed by atoms with Crippen LogP contribution in [-0.2, 0) is 19.4 Å². The zero-order chi connectivity index (χ0) is 22.2. The SMILES string of the molecule is CS(=O)(=O)c1ccc(C2=C(c3ccc(F)cc3)C(=O)O/C2=C\c2ccc(F)cc2)cc1. The Bertz CT molecular complexity index is 1320. The average molecular weight is 438 g/mol. The van der Waals surface area contributed by atoms with Gasteiger partial charge in [0, 0.05) is 11.8 Å². The van der Waals surface area contributed by atoms with Crippen LogP contribution in [0.4, 0.5) is 8.78 Å². The van der Waals surface area contributed by atoms with Crippen LogP contribution in [0, 0.1) is 11.6 Å². The summed E-state index contributed by atoms with van der Waals surface area (Å²) < 4.78 is 55.8. The topological polar surface area (TPSA) is 60.4 Å². The lowest BCUT2D eigenvalue weighted by Crippen LogP contribution is -1.98. The van der Waals surface area contributed by atoms with Gasteiger partial charge in [-0.2, -0.15) is 0 Å². The molecule has 0 aromatic heterocycles. The second-order valence-corrected chi connectivity index (χ2v) is 9.02. The lowest BCUT2D eigenvalue weighted by atomic mass is 9.94. The van der Waals surface area contributed by atoms with Gasteiger partial charge in [-0.3, -0.25) is 0 Å². The highest BCUT2D eigenvalue weighted by Gasteiger charge is 2.32. The van der Waals surface area contributed by atoms with Crippen molar-refractivity contribution in [3.8, 4) is 0 Å². The maximum absolute atomic E-state index is 13.4. The van der Waals surface area contributed by atoms with E-state index in [1.807, 2.05) is 0 Å². The third-order valence-corrected chi connectivity index (χ3v) is 5.90. The number of halogens is 2. The third kappa shape index (κ3) is 4.32. The quantitative estimate of drug-likeness (QED) is 0.545. The summed E-state index contributed by atoms with van der Waals surface area (Å²) in [7, 11) is -3.40. The minimum atomic E-state index is -3.40. The molecule has 3 aromatic rings. The Morgan fingerprint density at radius 2 is 1.23 bits per heavy atom. The molecule has 0 spiro atoms. The number of ether oxygens (including phenoxy) is 1. The highest BCUT2D eigenvalue weighted by atomic mass is 32.2. The van der Waals surface area contributed by atoms with E-state index in [1.54, 1.807) is 18.2 Å². The first-order chi connectivity index (χ1) is 14.7. The van der Waals surface area contributed by atoms with E-state index in [0.29, 0.717) is 22.3 Å². The van der Waals surface area contributed by atoms with Crippen molar-refractivity contribution in [2.24, 2.45) is 0 Å². The number of esters is 1. The number of hydrogen-bond donors (Lipinski definition) is 0. The van der Waals surface area contributed by atoms with Crippen molar-refractivity contribution in [3.05, 3.63) is 107 Å². The first-order valence-electron chi connectivity index (χ1n) is 9.23. The minimum Gasteiger partial charge on any atom is -0.422 e. The molecule has 0 bridgehead atoms. The van der Waals surface area contributed by atoms with Crippen LogP contribution in [0.5, 0.6) is 0 Å². The molecule has 0 saturated heterocycles. The lowest BCUT2D eigenvalue weighted by Gasteiger charge is -2.08. The highest BCUT2D eigenvalue weighted by Crippen LogP contribution is 2.40. The summed E-state index contributed by atoms with van der Waals surface area (Å²) in [6, 6.07) is 17.1. The monoisotopic (exact) mass is 438 g/mol. The zero-order valence-corrected chi connectivity index (χ0v) is 17.1. The summed E-state index contributed by atoms with van der Waals surface area (Å²) >= 11 is 0. The second kappa shape index (κ2) is 7.92. The Morgan fingerprint density at radius 3 is 1.77 bits per heavy atom. The Morgan fingerprint density at radius 1 is 0.742 bits per heavy atom. The fourth-order valence-electron chi connectivity index (χ4n) is 3.27. The molecule has 0 atom stereocenters. The number of cyclic esters (lactones) is 1. The second-order valence-electron chi connectivity index (χ2n) is 7.00. The van der Waals surface area contributed by atoms with Gasteiger partial charge in [-0.05, 0) is 59.2 Å². The standard InChI is InChI=1S/C24H16F2O4S/c1-31(28,29)20-12-6-16(7-13-20)22-21(14-15-2-8-18(25)9-3-15)30-24(27)23(22)17-4-10-19(26)11-5-17/h2-14H,1H3/b21-14-. The third-order valence-electron chi connectivity index (χ3n) is 4.77. The molecule has 0 saturated carbocycles. The van der Waals surface area contributed by atoms with Crippen LogP contribution in [0.3, 0.4) is 0 Å². The van der Waals surface area contributed by atoms with E-state index in [1.165, 1.54) is 60.7 Å². The normalized spacial score (nSPS) is 15.5. The molecular formula is C24H16F2O4S. The first-order valence-corrected chi connectivity index (χ1v) is 11.1. The summed E-state index contributed by atoms with van der Waals surface area (Å²) in [4.78, 5) is 12.9. The van der Waals surface area contributed by atoms with Crippen LogP contribution in [0.15, 0.2) is 83.5 Å². The van der Waals surface area contributed by atoms with Crippen molar-refractivity contribution in [1.82, 2.24) is 0 Å². The van der Waals surface area contributed by atoms with Gasteiger partial charge in [0.1, 0.15) is 17.4 Å². The van der Waals surface area contributed by atoms with Crippen molar-refractivity contribution >= 4 is 33.0 Å². The van der Waals surface area contributed by atoms with Crippen LogP contribution in [-0.4, -0.2) is 20.6 Å². The molecule has 4 rings (SSSR count). The van der Waals surface area contributed by atoms with Crippen molar-refractivity contribution < 1.29 is 26.7 Å². The maximum atomic E-state index is 13.4. The van der Waals surface area contributed by atoms with Crippen LogP contribution in [0.25, 0.3) is 17.2 Å². The number of allylic oxidation sites excluding steroid dienone is 1. The molecule has 1 aliphatic rings. The maximum Gasteiger partial charge on any atom is 0.344 e. The van der Waals surface area contributed by atoms with E-state index in [-0.39, 0.29) is 16.2 Å². The molecule has 3 aromatic carbocycles. The number of carbonyl (C=O) groups is 1. The lowest BCUT2D eigenvalue weighted by molar-refractivity contribution is -0.131. The van der Waals surface area contributed by atoms with E-state index >= 15 is 0 Å². The smallest absolute Gasteiger partial charge is 0.344 e. The number of hydrogen-bond acceptors (Lipinski definition) is 4. The zero-order valence-electron chi connectivity index (χ0n) is 16.3.